The Kier molecular flexibility index (Phi) is 2.65. The molecule has 0 heterocycles. The molecule has 4 rings (SSSR count). The van der Waals surface area contributed by atoms with Gasteiger partial charge in [0.2, 0.25) is 0 Å². The first-order valence-electron chi connectivity index (χ1n) is 7.85. The molecule has 22 heavy (non-hydrogen) atoms. The molecule has 0 bridgehead atoms. The number of carbonyl (C=O) groups excluding carboxylic acids is 1. The summed E-state index contributed by atoms with van der Waals surface area (Å²) in [4.78, 5) is 13.4. The summed E-state index contributed by atoms with van der Waals surface area (Å²) in [6.45, 7) is 0. The molecule has 112 valence electrons. The zero-order valence-electron chi connectivity index (χ0n) is 12.5. The van der Waals surface area contributed by atoms with Crippen LogP contribution in [0.5, 0.6) is 0 Å². The third kappa shape index (κ3) is 1.71. The second kappa shape index (κ2) is 4.35. The number of carbonyl (C=O) groups is 1. The number of hydrogen-bond acceptors (Lipinski definition) is 3. The fourth-order valence-corrected chi connectivity index (χ4v) is 3.81. The predicted octanol–water partition coefficient (Wildman–Crippen LogP) is 3.18. The van der Waals surface area contributed by atoms with Gasteiger partial charge in [-0.3, -0.25) is 4.79 Å². The second-order valence-electron chi connectivity index (χ2n) is 6.67. The molecule has 0 aromatic heterocycles. The van der Waals surface area contributed by atoms with Crippen molar-refractivity contribution in [2.75, 3.05) is 11.5 Å². The number of rotatable bonds is 4. The Hall–Kier alpha value is -2.29. The molecule has 3 heteroatoms. The van der Waals surface area contributed by atoms with Gasteiger partial charge in [-0.05, 0) is 48.9 Å². The highest BCUT2D eigenvalue weighted by Gasteiger charge is 2.63. The fourth-order valence-electron chi connectivity index (χ4n) is 3.81. The Balaban J connectivity index is 1.77. The van der Waals surface area contributed by atoms with Gasteiger partial charge < -0.3 is 11.5 Å². The first kappa shape index (κ1) is 13.4. The van der Waals surface area contributed by atoms with Crippen molar-refractivity contribution < 1.29 is 4.79 Å². The van der Waals surface area contributed by atoms with Crippen LogP contribution in [0.3, 0.4) is 0 Å². The molecule has 2 fully saturated rings. The highest BCUT2D eigenvalue weighted by atomic mass is 16.1. The maximum absolute atomic E-state index is 13.4. The molecular weight excluding hydrogens is 272 g/mol. The van der Waals surface area contributed by atoms with Crippen LogP contribution in [-0.2, 0) is 15.6 Å². The maximum Gasteiger partial charge on any atom is 0.154 e. The van der Waals surface area contributed by atoms with E-state index in [0.717, 1.165) is 48.2 Å². The van der Waals surface area contributed by atoms with E-state index in [1.54, 1.807) is 0 Å². The first-order chi connectivity index (χ1) is 10.6. The van der Waals surface area contributed by atoms with Gasteiger partial charge >= 0.3 is 0 Å². The molecule has 0 amide bonds. The van der Waals surface area contributed by atoms with Crippen LogP contribution in [0.15, 0.2) is 48.5 Å². The van der Waals surface area contributed by atoms with Gasteiger partial charge in [0.25, 0.3) is 0 Å². The van der Waals surface area contributed by atoms with Crippen molar-refractivity contribution in [3.05, 3.63) is 59.7 Å². The number of hydrogen-bond donors (Lipinski definition) is 2. The predicted molar refractivity (Wildman–Crippen MR) is 88.5 cm³/mol. The van der Waals surface area contributed by atoms with E-state index in [-0.39, 0.29) is 10.8 Å². The van der Waals surface area contributed by atoms with Crippen LogP contribution in [-0.4, -0.2) is 5.78 Å². The number of ketones is 1. The van der Waals surface area contributed by atoms with E-state index in [4.69, 9.17) is 11.5 Å². The molecule has 4 N–H and O–H groups in total. The Morgan fingerprint density at radius 1 is 0.727 bits per heavy atom. The smallest absolute Gasteiger partial charge is 0.154 e. The minimum Gasteiger partial charge on any atom is -0.398 e. The molecule has 0 atom stereocenters. The van der Waals surface area contributed by atoms with Crippen molar-refractivity contribution in [1.82, 2.24) is 0 Å². The molecule has 0 unspecified atom stereocenters. The monoisotopic (exact) mass is 292 g/mol. The van der Waals surface area contributed by atoms with Crippen LogP contribution in [0.25, 0.3) is 0 Å². The van der Waals surface area contributed by atoms with Gasteiger partial charge in [0, 0.05) is 11.4 Å². The van der Waals surface area contributed by atoms with Crippen molar-refractivity contribution in [3.8, 4) is 0 Å². The summed E-state index contributed by atoms with van der Waals surface area (Å²) in [5.41, 5.74) is 15.0. The van der Waals surface area contributed by atoms with Gasteiger partial charge in [-0.2, -0.15) is 0 Å². The fraction of sp³-hybridized carbons (Fsp3) is 0.316. The van der Waals surface area contributed by atoms with Crippen molar-refractivity contribution in [3.63, 3.8) is 0 Å². The molecule has 0 saturated heterocycles. The van der Waals surface area contributed by atoms with Gasteiger partial charge in [-0.25, -0.2) is 0 Å². The minimum absolute atomic E-state index is 0.316. The highest BCUT2D eigenvalue weighted by Crippen LogP contribution is 2.61. The Morgan fingerprint density at radius 2 is 1.09 bits per heavy atom. The van der Waals surface area contributed by atoms with Crippen molar-refractivity contribution in [2.45, 2.75) is 36.5 Å². The molecule has 0 radical (unpaired) electrons. The van der Waals surface area contributed by atoms with E-state index < -0.39 is 0 Å². The normalized spacial score (nSPS) is 20.4. The lowest BCUT2D eigenvalue weighted by Crippen LogP contribution is -2.33. The van der Waals surface area contributed by atoms with Gasteiger partial charge in [-0.1, -0.05) is 36.4 Å². The average molecular weight is 292 g/mol. The van der Waals surface area contributed by atoms with E-state index in [9.17, 15) is 4.79 Å². The zero-order chi connectivity index (χ0) is 15.4. The molecular formula is C19H20N2O. The summed E-state index contributed by atoms with van der Waals surface area (Å²) in [6.07, 6.45) is 3.59. The van der Waals surface area contributed by atoms with E-state index in [2.05, 4.69) is 0 Å². The molecule has 2 aromatic rings. The molecule has 2 aliphatic rings. The third-order valence-electron chi connectivity index (χ3n) is 5.32. The molecule has 2 aromatic carbocycles. The van der Waals surface area contributed by atoms with Crippen LogP contribution in [0.2, 0.25) is 0 Å². The number of benzene rings is 2. The Labute approximate surface area is 130 Å². The van der Waals surface area contributed by atoms with Crippen molar-refractivity contribution >= 4 is 17.2 Å². The summed E-state index contributed by atoms with van der Waals surface area (Å²) in [5, 5.41) is 0. The van der Waals surface area contributed by atoms with Crippen LogP contribution in [0.1, 0.15) is 36.8 Å². The van der Waals surface area contributed by atoms with Gasteiger partial charge in [0.1, 0.15) is 0 Å². The number of anilines is 2. The quantitative estimate of drug-likeness (QED) is 0.850. The lowest BCUT2D eigenvalue weighted by atomic mass is 9.78. The molecule has 0 aliphatic heterocycles. The van der Waals surface area contributed by atoms with E-state index in [0.29, 0.717) is 5.78 Å². The summed E-state index contributed by atoms with van der Waals surface area (Å²) >= 11 is 0. The summed E-state index contributed by atoms with van der Waals surface area (Å²) in [5.74, 6) is 0.316. The van der Waals surface area contributed by atoms with E-state index in [1.807, 2.05) is 48.5 Å². The minimum atomic E-state index is -0.385. The highest BCUT2D eigenvalue weighted by molar-refractivity contribution is 6.05. The number of para-hydroxylation sites is 2. The van der Waals surface area contributed by atoms with Crippen LogP contribution in [0.4, 0.5) is 11.4 Å². The van der Waals surface area contributed by atoms with Crippen LogP contribution < -0.4 is 11.5 Å². The van der Waals surface area contributed by atoms with Crippen molar-refractivity contribution in [2.24, 2.45) is 0 Å². The van der Waals surface area contributed by atoms with E-state index in [1.165, 1.54) is 0 Å². The SMILES string of the molecule is Nc1ccccc1C1(C(=O)C2(c3ccccc3N)CC2)CC1. The third-order valence-corrected chi connectivity index (χ3v) is 5.32. The largest absolute Gasteiger partial charge is 0.398 e. The molecule has 2 aliphatic carbocycles. The van der Waals surface area contributed by atoms with Crippen molar-refractivity contribution in [1.29, 1.82) is 0 Å². The molecule has 3 nitrogen and oxygen atoms in total. The standard InChI is InChI=1S/C19H20N2O/c20-15-7-3-1-5-13(15)18(9-10-18)17(22)19(11-12-19)14-6-2-4-8-16(14)21/h1-8H,9-12,20-21H2. The average Bonchev–Trinajstić information content (AvgIpc) is 3.42. The number of Topliss-reactive ketones (excluding diaryl/α,β-unsaturated/α-hetero) is 1. The topological polar surface area (TPSA) is 69.1 Å². The van der Waals surface area contributed by atoms with Gasteiger partial charge in [-0.15, -0.1) is 0 Å². The van der Waals surface area contributed by atoms with E-state index >= 15 is 0 Å². The number of nitrogen functional groups attached to an aromatic ring is 2. The number of nitrogens with two attached hydrogens (primary N) is 2. The molecule has 0 spiro atoms. The lowest BCUT2D eigenvalue weighted by molar-refractivity contribution is -0.124. The summed E-state index contributed by atoms with van der Waals surface area (Å²) in [7, 11) is 0. The first-order valence-corrected chi connectivity index (χ1v) is 7.85. The second-order valence-corrected chi connectivity index (χ2v) is 6.67. The lowest BCUT2D eigenvalue weighted by Gasteiger charge is -2.24. The van der Waals surface area contributed by atoms with Gasteiger partial charge in [0.05, 0.1) is 10.8 Å². The van der Waals surface area contributed by atoms with Gasteiger partial charge in [0.15, 0.2) is 5.78 Å². The Bertz CT molecular complexity index is 694. The maximum atomic E-state index is 13.4. The summed E-state index contributed by atoms with van der Waals surface area (Å²) in [6, 6.07) is 15.6. The van der Waals surface area contributed by atoms with Crippen LogP contribution >= 0.6 is 0 Å². The Morgan fingerprint density at radius 3 is 1.41 bits per heavy atom. The van der Waals surface area contributed by atoms with Crippen LogP contribution in [0, 0.1) is 0 Å². The molecule has 2 saturated carbocycles. The zero-order valence-corrected chi connectivity index (χ0v) is 12.5. The summed E-state index contributed by atoms with van der Waals surface area (Å²) < 4.78 is 0.